The van der Waals surface area contributed by atoms with E-state index in [4.69, 9.17) is 21.1 Å². The first kappa shape index (κ1) is 18.1. The first-order chi connectivity index (χ1) is 12.5. The van der Waals surface area contributed by atoms with Crippen molar-refractivity contribution in [1.29, 1.82) is 0 Å². The highest BCUT2D eigenvalue weighted by Crippen LogP contribution is 2.30. The number of ether oxygens (including phenoxy) is 2. The molecule has 1 N–H and O–H groups in total. The molecule has 0 bridgehead atoms. The summed E-state index contributed by atoms with van der Waals surface area (Å²) in [6, 6.07) is 12.2. The second-order valence-corrected chi connectivity index (χ2v) is 6.35. The van der Waals surface area contributed by atoms with Crippen molar-refractivity contribution in [2.45, 2.75) is 6.42 Å². The molecule has 0 spiro atoms. The number of hydrogen-bond acceptors (Lipinski definition) is 4. The Hall–Kier alpha value is -2.73. The van der Waals surface area contributed by atoms with Crippen LogP contribution in [0.5, 0.6) is 11.5 Å². The maximum absolute atomic E-state index is 12.5. The van der Waals surface area contributed by atoms with Crippen molar-refractivity contribution in [1.82, 2.24) is 0 Å². The number of halogens is 1. The summed E-state index contributed by atoms with van der Waals surface area (Å²) in [5.41, 5.74) is 1.28. The number of carbonyl (C=O) groups excluding carboxylic acids is 2. The normalized spacial score (nSPS) is 16.5. The van der Waals surface area contributed by atoms with Gasteiger partial charge in [-0.15, -0.1) is 0 Å². The third-order valence-electron chi connectivity index (χ3n) is 4.28. The van der Waals surface area contributed by atoms with Crippen LogP contribution in [0.2, 0.25) is 5.02 Å². The molecule has 0 radical (unpaired) electrons. The van der Waals surface area contributed by atoms with Crippen LogP contribution in [0.3, 0.4) is 0 Å². The van der Waals surface area contributed by atoms with Crippen molar-refractivity contribution in [2.24, 2.45) is 5.92 Å². The topological polar surface area (TPSA) is 67.9 Å². The number of benzene rings is 2. The van der Waals surface area contributed by atoms with Gasteiger partial charge in [0.2, 0.25) is 11.8 Å². The van der Waals surface area contributed by atoms with E-state index in [2.05, 4.69) is 5.32 Å². The molecular weight excluding hydrogens is 356 g/mol. The number of hydrogen-bond donors (Lipinski definition) is 1. The molecule has 2 aromatic rings. The van der Waals surface area contributed by atoms with E-state index in [1.807, 2.05) is 18.2 Å². The molecule has 1 saturated heterocycles. The summed E-state index contributed by atoms with van der Waals surface area (Å²) in [6.07, 6.45) is 0.160. The fourth-order valence-corrected chi connectivity index (χ4v) is 3.16. The minimum atomic E-state index is -0.436. The minimum Gasteiger partial charge on any atom is -0.497 e. The molecule has 0 aromatic heterocycles. The van der Waals surface area contributed by atoms with Crippen molar-refractivity contribution in [3.63, 3.8) is 0 Å². The summed E-state index contributed by atoms with van der Waals surface area (Å²) in [4.78, 5) is 26.5. The van der Waals surface area contributed by atoms with E-state index in [0.29, 0.717) is 28.8 Å². The SMILES string of the molecule is COc1cccc(N2C[C@H](C(=O)Nc3ccc(OC)c(Cl)c3)CC2=O)c1. The third kappa shape index (κ3) is 3.75. The molecule has 2 aromatic carbocycles. The lowest BCUT2D eigenvalue weighted by molar-refractivity contribution is -0.122. The molecule has 0 aliphatic carbocycles. The van der Waals surface area contributed by atoms with Crippen molar-refractivity contribution >= 4 is 34.8 Å². The molecule has 0 saturated carbocycles. The smallest absolute Gasteiger partial charge is 0.229 e. The van der Waals surface area contributed by atoms with Gasteiger partial charge < -0.3 is 19.7 Å². The zero-order chi connectivity index (χ0) is 18.7. The fraction of sp³-hybridized carbons (Fsp3) is 0.263. The van der Waals surface area contributed by atoms with E-state index in [-0.39, 0.29) is 18.2 Å². The molecule has 1 aliphatic heterocycles. The molecule has 1 heterocycles. The highest BCUT2D eigenvalue weighted by molar-refractivity contribution is 6.32. The van der Waals surface area contributed by atoms with Gasteiger partial charge in [-0.2, -0.15) is 0 Å². The van der Waals surface area contributed by atoms with Gasteiger partial charge in [0.05, 0.1) is 25.2 Å². The molecule has 26 heavy (non-hydrogen) atoms. The lowest BCUT2D eigenvalue weighted by Gasteiger charge is -2.17. The maximum atomic E-state index is 12.5. The van der Waals surface area contributed by atoms with Gasteiger partial charge in [-0.3, -0.25) is 9.59 Å². The van der Waals surface area contributed by atoms with E-state index in [0.717, 1.165) is 5.69 Å². The second kappa shape index (κ2) is 7.66. The van der Waals surface area contributed by atoms with Gasteiger partial charge in [0.1, 0.15) is 11.5 Å². The summed E-state index contributed by atoms with van der Waals surface area (Å²) < 4.78 is 10.3. The van der Waals surface area contributed by atoms with E-state index in [1.165, 1.54) is 7.11 Å². The van der Waals surface area contributed by atoms with Crippen LogP contribution in [0.4, 0.5) is 11.4 Å². The Morgan fingerprint density at radius 2 is 2.00 bits per heavy atom. The Labute approximate surface area is 156 Å². The van der Waals surface area contributed by atoms with Crippen LogP contribution in [0.15, 0.2) is 42.5 Å². The van der Waals surface area contributed by atoms with Crippen LogP contribution in [-0.4, -0.2) is 32.6 Å². The first-order valence-corrected chi connectivity index (χ1v) is 8.48. The lowest BCUT2D eigenvalue weighted by Crippen LogP contribution is -2.28. The zero-order valence-corrected chi connectivity index (χ0v) is 15.2. The van der Waals surface area contributed by atoms with Gasteiger partial charge in [0.25, 0.3) is 0 Å². The largest absolute Gasteiger partial charge is 0.497 e. The third-order valence-corrected chi connectivity index (χ3v) is 4.58. The average molecular weight is 375 g/mol. The molecule has 1 atom stereocenters. The minimum absolute atomic E-state index is 0.0915. The molecule has 3 rings (SSSR count). The predicted molar refractivity (Wildman–Crippen MR) is 100 cm³/mol. The Balaban J connectivity index is 1.69. The molecule has 1 aliphatic rings. The molecule has 0 unspecified atom stereocenters. The van der Waals surface area contributed by atoms with Crippen molar-refractivity contribution < 1.29 is 19.1 Å². The van der Waals surface area contributed by atoms with Crippen LogP contribution in [-0.2, 0) is 9.59 Å². The van der Waals surface area contributed by atoms with Gasteiger partial charge in [0.15, 0.2) is 0 Å². The quantitative estimate of drug-likeness (QED) is 0.871. The Bertz CT molecular complexity index is 840. The van der Waals surface area contributed by atoms with E-state index in [1.54, 1.807) is 36.3 Å². The van der Waals surface area contributed by atoms with Crippen molar-refractivity contribution in [3.8, 4) is 11.5 Å². The van der Waals surface area contributed by atoms with Gasteiger partial charge in [-0.05, 0) is 30.3 Å². The number of methoxy groups -OCH3 is 2. The molecular formula is C19H19ClN2O4. The molecule has 136 valence electrons. The number of anilines is 2. The number of amides is 2. The van der Waals surface area contributed by atoms with Gasteiger partial charge >= 0.3 is 0 Å². The average Bonchev–Trinajstić information content (AvgIpc) is 3.04. The Morgan fingerprint density at radius 3 is 2.69 bits per heavy atom. The second-order valence-electron chi connectivity index (χ2n) is 5.95. The predicted octanol–water partition coefficient (Wildman–Crippen LogP) is 3.35. The van der Waals surface area contributed by atoms with Crippen LogP contribution in [0, 0.1) is 5.92 Å². The fourth-order valence-electron chi connectivity index (χ4n) is 2.90. The summed E-state index contributed by atoms with van der Waals surface area (Å²) in [6.45, 7) is 0.321. The number of rotatable bonds is 5. The summed E-state index contributed by atoms with van der Waals surface area (Å²) in [5.74, 6) is 0.451. The standard InChI is InChI=1S/C19H19ClN2O4/c1-25-15-5-3-4-14(10-15)22-11-12(8-18(22)23)19(24)21-13-6-7-17(26-2)16(20)9-13/h3-7,9-10,12H,8,11H2,1-2H3,(H,21,24)/t12-/m1/s1. The first-order valence-electron chi connectivity index (χ1n) is 8.10. The maximum Gasteiger partial charge on any atom is 0.229 e. The highest BCUT2D eigenvalue weighted by atomic mass is 35.5. The Morgan fingerprint density at radius 1 is 1.19 bits per heavy atom. The summed E-state index contributed by atoms with van der Waals surface area (Å²) >= 11 is 6.08. The van der Waals surface area contributed by atoms with Gasteiger partial charge in [-0.1, -0.05) is 17.7 Å². The van der Waals surface area contributed by atoms with Crippen LogP contribution in [0.1, 0.15) is 6.42 Å². The summed E-state index contributed by atoms with van der Waals surface area (Å²) in [5, 5.41) is 3.22. The monoisotopic (exact) mass is 374 g/mol. The number of carbonyl (C=O) groups is 2. The van der Waals surface area contributed by atoms with Gasteiger partial charge in [0, 0.05) is 30.4 Å². The molecule has 2 amide bonds. The molecule has 6 nitrogen and oxygen atoms in total. The van der Waals surface area contributed by atoms with Crippen LogP contribution >= 0.6 is 11.6 Å². The van der Waals surface area contributed by atoms with Gasteiger partial charge in [-0.25, -0.2) is 0 Å². The van der Waals surface area contributed by atoms with E-state index < -0.39 is 5.92 Å². The highest BCUT2D eigenvalue weighted by Gasteiger charge is 2.35. The molecule has 1 fully saturated rings. The molecule has 7 heteroatoms. The number of nitrogens with zero attached hydrogens (tertiary/aromatic N) is 1. The van der Waals surface area contributed by atoms with Crippen molar-refractivity contribution in [3.05, 3.63) is 47.5 Å². The summed E-state index contributed by atoms with van der Waals surface area (Å²) in [7, 11) is 3.10. The van der Waals surface area contributed by atoms with E-state index >= 15 is 0 Å². The number of nitrogens with one attached hydrogen (secondary N) is 1. The van der Waals surface area contributed by atoms with Crippen LogP contribution < -0.4 is 19.7 Å². The van der Waals surface area contributed by atoms with E-state index in [9.17, 15) is 9.59 Å². The lowest BCUT2D eigenvalue weighted by atomic mass is 10.1. The zero-order valence-electron chi connectivity index (χ0n) is 14.5. The Kier molecular flexibility index (Phi) is 5.32. The van der Waals surface area contributed by atoms with Crippen molar-refractivity contribution in [2.75, 3.05) is 31.0 Å². The van der Waals surface area contributed by atoms with Crippen LogP contribution in [0.25, 0.3) is 0 Å².